The Labute approximate surface area is 157 Å². The van der Waals surface area contributed by atoms with Gasteiger partial charge in [0, 0.05) is 12.8 Å². The van der Waals surface area contributed by atoms with Crippen molar-refractivity contribution < 1.29 is 14.7 Å². The molecule has 27 heavy (non-hydrogen) atoms. The Morgan fingerprint density at radius 1 is 1.30 bits per heavy atom. The van der Waals surface area contributed by atoms with E-state index in [0.29, 0.717) is 48.3 Å². The van der Waals surface area contributed by atoms with E-state index >= 15 is 0 Å². The fourth-order valence-corrected chi connectivity index (χ4v) is 3.65. The summed E-state index contributed by atoms with van der Waals surface area (Å²) in [5.74, 6) is -0.200. The van der Waals surface area contributed by atoms with Gasteiger partial charge in [-0.05, 0) is 50.2 Å². The topological polar surface area (TPSA) is 112 Å². The molecule has 1 aromatic carbocycles. The lowest BCUT2D eigenvalue weighted by atomic mass is 9.77. The maximum absolute atomic E-state index is 12.3. The first kappa shape index (κ1) is 19.1. The van der Waals surface area contributed by atoms with Crippen LogP contribution in [0.4, 0.5) is 0 Å². The van der Waals surface area contributed by atoms with Crippen LogP contribution in [0.1, 0.15) is 51.3 Å². The van der Waals surface area contributed by atoms with E-state index in [-0.39, 0.29) is 17.9 Å². The quantitative estimate of drug-likeness (QED) is 0.722. The van der Waals surface area contributed by atoms with E-state index in [9.17, 15) is 19.5 Å². The summed E-state index contributed by atoms with van der Waals surface area (Å²) in [6.07, 6.45) is 3.66. The number of fused-ring (bicyclic) bond motifs is 1. The molecule has 0 aliphatic heterocycles. The number of aromatic nitrogens is 2. The maximum atomic E-state index is 12.3. The van der Waals surface area contributed by atoms with Crippen LogP contribution in [0.15, 0.2) is 29.1 Å². The van der Waals surface area contributed by atoms with Gasteiger partial charge in [0.05, 0.1) is 10.9 Å². The van der Waals surface area contributed by atoms with Crippen molar-refractivity contribution in [3.05, 3.63) is 40.4 Å². The number of aryl methyl sites for hydroxylation is 1. The Balaban J connectivity index is 1.58. The fraction of sp³-hybridized carbons (Fsp3) is 0.500. The number of carbonyl (C=O) groups is 2. The van der Waals surface area contributed by atoms with Gasteiger partial charge in [0.15, 0.2) is 0 Å². The molecule has 0 atom stereocenters. The van der Waals surface area contributed by atoms with Crippen LogP contribution >= 0.6 is 0 Å². The molecule has 1 aliphatic carbocycles. The van der Waals surface area contributed by atoms with E-state index in [1.807, 2.05) is 6.07 Å². The third kappa shape index (κ3) is 4.35. The first-order chi connectivity index (χ1) is 12.9. The molecule has 0 radical (unpaired) electrons. The van der Waals surface area contributed by atoms with Crippen molar-refractivity contribution in [2.75, 3.05) is 0 Å². The Kier molecular flexibility index (Phi) is 5.58. The maximum Gasteiger partial charge on any atom is 0.329 e. The lowest BCUT2D eigenvalue weighted by Crippen LogP contribution is -2.56. The van der Waals surface area contributed by atoms with Crippen LogP contribution in [0.3, 0.4) is 0 Å². The fourth-order valence-electron chi connectivity index (χ4n) is 3.65. The van der Waals surface area contributed by atoms with E-state index in [0.717, 1.165) is 12.8 Å². The summed E-state index contributed by atoms with van der Waals surface area (Å²) in [5.41, 5.74) is -0.706. The minimum Gasteiger partial charge on any atom is -0.480 e. The molecule has 3 N–H and O–H groups in total. The number of hydrogen-bond donors (Lipinski definition) is 3. The van der Waals surface area contributed by atoms with Gasteiger partial charge >= 0.3 is 5.97 Å². The molecule has 2 aromatic rings. The van der Waals surface area contributed by atoms with E-state index in [4.69, 9.17) is 0 Å². The van der Waals surface area contributed by atoms with Crippen molar-refractivity contribution in [1.82, 2.24) is 15.3 Å². The molecule has 0 spiro atoms. The average Bonchev–Trinajstić information content (AvgIpc) is 2.64. The highest BCUT2D eigenvalue weighted by Crippen LogP contribution is 2.32. The number of rotatable bonds is 6. The Morgan fingerprint density at radius 2 is 2.00 bits per heavy atom. The molecule has 7 nitrogen and oxygen atoms in total. The molecule has 1 heterocycles. The van der Waals surface area contributed by atoms with Crippen LogP contribution in [0.5, 0.6) is 0 Å². The number of benzene rings is 1. The third-order valence-corrected chi connectivity index (χ3v) is 5.40. The molecule has 144 valence electrons. The molecule has 0 unspecified atom stereocenters. The van der Waals surface area contributed by atoms with Crippen molar-refractivity contribution in [1.29, 1.82) is 0 Å². The van der Waals surface area contributed by atoms with E-state index < -0.39 is 11.5 Å². The number of nitrogens with one attached hydrogen (secondary N) is 2. The second-order valence-corrected chi connectivity index (χ2v) is 7.50. The molecule has 1 aromatic heterocycles. The normalized spacial score (nSPS) is 22.5. The summed E-state index contributed by atoms with van der Waals surface area (Å²) in [4.78, 5) is 43.2. The molecule has 3 rings (SSSR count). The van der Waals surface area contributed by atoms with Crippen LogP contribution in [-0.2, 0) is 16.0 Å². The number of carboxylic acid groups (broad SMARTS) is 1. The van der Waals surface area contributed by atoms with Crippen LogP contribution in [0, 0.1) is 5.92 Å². The SMILES string of the molecule is CC1CCC(NC(=O)CCCc2nc3ccccc3c(=O)[nH]2)(C(=O)O)CC1. The van der Waals surface area contributed by atoms with Gasteiger partial charge in [-0.3, -0.25) is 9.59 Å². The van der Waals surface area contributed by atoms with Crippen LogP contribution < -0.4 is 10.9 Å². The minimum atomic E-state index is -1.14. The molecule has 1 amide bonds. The summed E-state index contributed by atoms with van der Waals surface area (Å²) < 4.78 is 0. The molecular weight excluding hydrogens is 346 g/mol. The number of aromatic amines is 1. The lowest BCUT2D eigenvalue weighted by Gasteiger charge is -2.36. The third-order valence-electron chi connectivity index (χ3n) is 5.40. The molecule has 0 saturated heterocycles. The van der Waals surface area contributed by atoms with Crippen molar-refractivity contribution in [3.63, 3.8) is 0 Å². The van der Waals surface area contributed by atoms with Gasteiger partial charge in [0.1, 0.15) is 11.4 Å². The Morgan fingerprint density at radius 3 is 2.70 bits per heavy atom. The summed E-state index contributed by atoms with van der Waals surface area (Å²) in [7, 11) is 0. The second kappa shape index (κ2) is 7.90. The number of amides is 1. The monoisotopic (exact) mass is 371 g/mol. The smallest absolute Gasteiger partial charge is 0.329 e. The summed E-state index contributed by atoms with van der Waals surface area (Å²) in [5, 5.41) is 12.9. The first-order valence-electron chi connectivity index (χ1n) is 9.42. The van der Waals surface area contributed by atoms with E-state index in [1.54, 1.807) is 18.2 Å². The van der Waals surface area contributed by atoms with Crippen molar-refractivity contribution in [2.45, 2.75) is 57.4 Å². The minimum absolute atomic E-state index is 0.193. The molecular formula is C20H25N3O4. The largest absolute Gasteiger partial charge is 0.480 e. The molecule has 1 saturated carbocycles. The number of aliphatic carboxylic acids is 1. The van der Waals surface area contributed by atoms with Crippen LogP contribution in [0.25, 0.3) is 10.9 Å². The number of hydrogen-bond acceptors (Lipinski definition) is 4. The van der Waals surface area contributed by atoms with Gasteiger partial charge < -0.3 is 15.4 Å². The predicted octanol–water partition coefficient (Wildman–Crippen LogP) is 2.40. The zero-order valence-electron chi connectivity index (χ0n) is 15.5. The van der Waals surface area contributed by atoms with Gasteiger partial charge in [-0.2, -0.15) is 0 Å². The average molecular weight is 371 g/mol. The summed E-state index contributed by atoms with van der Waals surface area (Å²) >= 11 is 0. The number of nitrogens with zero attached hydrogens (tertiary/aromatic N) is 1. The Bertz CT molecular complexity index is 897. The molecule has 1 aliphatic rings. The number of para-hydroxylation sites is 1. The van der Waals surface area contributed by atoms with Gasteiger partial charge in [-0.1, -0.05) is 19.1 Å². The highest BCUT2D eigenvalue weighted by Gasteiger charge is 2.42. The highest BCUT2D eigenvalue weighted by molar-refractivity contribution is 5.87. The van der Waals surface area contributed by atoms with Gasteiger partial charge in [-0.25, -0.2) is 9.78 Å². The Hall–Kier alpha value is -2.70. The zero-order chi connectivity index (χ0) is 19.4. The van der Waals surface area contributed by atoms with Crippen molar-refractivity contribution in [3.8, 4) is 0 Å². The van der Waals surface area contributed by atoms with E-state index in [1.165, 1.54) is 0 Å². The van der Waals surface area contributed by atoms with Gasteiger partial charge in [0.2, 0.25) is 5.91 Å². The molecule has 7 heteroatoms. The molecule has 1 fully saturated rings. The van der Waals surface area contributed by atoms with Crippen molar-refractivity contribution in [2.24, 2.45) is 5.92 Å². The lowest BCUT2D eigenvalue weighted by molar-refractivity contribution is -0.149. The summed E-state index contributed by atoms with van der Waals surface area (Å²) in [6, 6.07) is 7.10. The zero-order valence-corrected chi connectivity index (χ0v) is 15.5. The standard InChI is InChI=1S/C20H25N3O4/c1-13-9-11-20(12-10-13,19(26)27)23-17(24)8-4-7-16-21-15-6-3-2-5-14(15)18(25)22-16/h2-3,5-6,13H,4,7-12H2,1H3,(H,23,24)(H,26,27)(H,21,22,25). The van der Waals surface area contributed by atoms with Gasteiger partial charge in [-0.15, -0.1) is 0 Å². The second-order valence-electron chi connectivity index (χ2n) is 7.50. The molecule has 0 bridgehead atoms. The predicted molar refractivity (Wildman–Crippen MR) is 101 cm³/mol. The number of carbonyl (C=O) groups excluding carboxylic acids is 1. The van der Waals surface area contributed by atoms with Crippen LogP contribution in [-0.4, -0.2) is 32.5 Å². The summed E-state index contributed by atoms with van der Waals surface area (Å²) in [6.45, 7) is 2.10. The first-order valence-corrected chi connectivity index (χ1v) is 9.42. The van der Waals surface area contributed by atoms with Crippen LogP contribution in [0.2, 0.25) is 0 Å². The number of H-pyrrole nitrogens is 1. The highest BCUT2D eigenvalue weighted by atomic mass is 16.4. The van der Waals surface area contributed by atoms with Gasteiger partial charge in [0.25, 0.3) is 5.56 Å². The van der Waals surface area contributed by atoms with Crippen molar-refractivity contribution >= 4 is 22.8 Å². The van der Waals surface area contributed by atoms with E-state index in [2.05, 4.69) is 22.2 Å². The number of carboxylic acids is 1.